The molecule has 16 heavy (non-hydrogen) atoms. The minimum Gasteiger partial charge on any atom is -0.394 e. The normalized spacial score (nSPS) is 12.8. The Kier molecular flexibility index (Phi) is 5.65. The molecule has 0 amide bonds. The summed E-state index contributed by atoms with van der Waals surface area (Å²) in [5.74, 6) is 0.382. The smallest absolute Gasteiger partial charge is 0.209 e. The first-order chi connectivity index (χ1) is 7.71. The van der Waals surface area contributed by atoms with Crippen molar-refractivity contribution in [3.05, 3.63) is 11.4 Å². The highest BCUT2D eigenvalue weighted by molar-refractivity contribution is 7.99. The van der Waals surface area contributed by atoms with Crippen LogP contribution in [0, 0.1) is 0 Å². The molecule has 0 aliphatic heterocycles. The molecule has 0 saturated carbocycles. The lowest BCUT2D eigenvalue weighted by atomic mass is 10.2. The quantitative estimate of drug-likeness (QED) is 0.706. The van der Waals surface area contributed by atoms with Gasteiger partial charge in [-0.05, 0) is 12.8 Å². The van der Waals surface area contributed by atoms with Crippen LogP contribution in [0.1, 0.15) is 25.2 Å². The van der Waals surface area contributed by atoms with E-state index < -0.39 is 6.10 Å². The van der Waals surface area contributed by atoms with Crippen molar-refractivity contribution in [1.82, 2.24) is 15.2 Å². The number of nitrogens with zero attached hydrogens (tertiary/aromatic N) is 3. The van der Waals surface area contributed by atoms with E-state index in [-0.39, 0.29) is 6.61 Å². The van der Waals surface area contributed by atoms with Gasteiger partial charge < -0.3 is 10.2 Å². The number of aliphatic hydroxyl groups is 2. The second kappa shape index (κ2) is 6.78. The highest BCUT2D eigenvalue weighted by Crippen LogP contribution is 2.15. The minimum atomic E-state index is -0.732. The zero-order chi connectivity index (χ0) is 12.0. The third-order valence-electron chi connectivity index (χ3n) is 2.11. The summed E-state index contributed by atoms with van der Waals surface area (Å²) in [5, 5.41) is 26.5. The van der Waals surface area contributed by atoms with Gasteiger partial charge in [-0.2, -0.15) is 5.10 Å². The molecule has 1 heterocycles. The van der Waals surface area contributed by atoms with Gasteiger partial charge in [0, 0.05) is 5.75 Å². The van der Waals surface area contributed by atoms with Crippen LogP contribution in [0.4, 0.5) is 0 Å². The first kappa shape index (κ1) is 13.3. The van der Waals surface area contributed by atoms with Crippen molar-refractivity contribution in [3.63, 3.8) is 0 Å². The first-order valence-corrected chi connectivity index (χ1v) is 6.34. The first-order valence-electron chi connectivity index (χ1n) is 5.35. The number of aryl methyl sites for hydroxylation is 2. The van der Waals surface area contributed by atoms with E-state index in [0.29, 0.717) is 10.9 Å². The number of aromatic nitrogens is 3. The SMILES string of the molecule is CCc1nnc(SCC(O)CO)nc1CC. The Morgan fingerprint density at radius 2 is 1.88 bits per heavy atom. The van der Waals surface area contributed by atoms with Gasteiger partial charge >= 0.3 is 0 Å². The van der Waals surface area contributed by atoms with E-state index in [1.165, 1.54) is 11.8 Å². The Hall–Kier alpha value is -0.720. The van der Waals surface area contributed by atoms with E-state index in [4.69, 9.17) is 5.11 Å². The number of thioether (sulfide) groups is 1. The van der Waals surface area contributed by atoms with Gasteiger partial charge in [0.25, 0.3) is 0 Å². The van der Waals surface area contributed by atoms with Crippen molar-refractivity contribution in [3.8, 4) is 0 Å². The Labute approximate surface area is 99.3 Å². The van der Waals surface area contributed by atoms with Gasteiger partial charge in [0.15, 0.2) is 0 Å². The molecule has 6 heteroatoms. The Morgan fingerprint density at radius 3 is 2.44 bits per heavy atom. The fourth-order valence-electron chi connectivity index (χ4n) is 1.21. The van der Waals surface area contributed by atoms with Gasteiger partial charge in [-0.25, -0.2) is 4.98 Å². The number of aliphatic hydroxyl groups excluding tert-OH is 2. The molecule has 0 bridgehead atoms. The van der Waals surface area contributed by atoms with E-state index in [2.05, 4.69) is 15.2 Å². The molecule has 0 aliphatic rings. The van der Waals surface area contributed by atoms with E-state index in [1.54, 1.807) is 0 Å². The van der Waals surface area contributed by atoms with Crippen molar-refractivity contribution in [1.29, 1.82) is 0 Å². The maximum absolute atomic E-state index is 9.20. The van der Waals surface area contributed by atoms with Crippen LogP contribution in [-0.2, 0) is 12.8 Å². The molecule has 5 nitrogen and oxygen atoms in total. The maximum Gasteiger partial charge on any atom is 0.209 e. The molecular weight excluding hydrogens is 226 g/mol. The molecule has 0 aromatic carbocycles. The zero-order valence-corrected chi connectivity index (χ0v) is 10.4. The van der Waals surface area contributed by atoms with Crippen LogP contribution >= 0.6 is 11.8 Å². The van der Waals surface area contributed by atoms with Crippen LogP contribution in [0.15, 0.2) is 5.16 Å². The zero-order valence-electron chi connectivity index (χ0n) is 9.55. The largest absolute Gasteiger partial charge is 0.394 e. The number of hydrogen-bond acceptors (Lipinski definition) is 6. The summed E-state index contributed by atoms with van der Waals surface area (Å²) >= 11 is 1.31. The third-order valence-corrected chi connectivity index (χ3v) is 3.09. The molecule has 0 saturated heterocycles. The fourth-order valence-corrected chi connectivity index (χ4v) is 1.93. The Morgan fingerprint density at radius 1 is 1.19 bits per heavy atom. The molecule has 0 spiro atoms. The lowest BCUT2D eigenvalue weighted by Gasteiger charge is -2.07. The molecule has 2 N–H and O–H groups in total. The van der Waals surface area contributed by atoms with E-state index >= 15 is 0 Å². The summed E-state index contributed by atoms with van der Waals surface area (Å²) in [5.41, 5.74) is 1.88. The fraction of sp³-hybridized carbons (Fsp3) is 0.700. The molecule has 0 fully saturated rings. The van der Waals surface area contributed by atoms with Gasteiger partial charge in [0.05, 0.1) is 24.1 Å². The van der Waals surface area contributed by atoms with Crippen molar-refractivity contribution in [2.75, 3.05) is 12.4 Å². The van der Waals surface area contributed by atoms with Gasteiger partial charge in [-0.15, -0.1) is 5.10 Å². The molecule has 90 valence electrons. The molecular formula is C10H17N3O2S. The third kappa shape index (κ3) is 3.70. The summed E-state index contributed by atoms with van der Waals surface area (Å²) in [6.45, 7) is 3.81. The highest BCUT2D eigenvalue weighted by atomic mass is 32.2. The second-order valence-electron chi connectivity index (χ2n) is 3.34. The van der Waals surface area contributed by atoms with Crippen LogP contribution in [-0.4, -0.2) is 43.9 Å². The molecule has 1 rings (SSSR count). The molecule has 1 unspecified atom stereocenters. The van der Waals surface area contributed by atoms with Crippen molar-refractivity contribution in [2.45, 2.75) is 37.9 Å². The summed E-state index contributed by atoms with van der Waals surface area (Å²) in [4.78, 5) is 4.36. The Bertz CT molecular complexity index is 336. The standard InChI is InChI=1S/C10H17N3O2S/c1-3-8-9(4-2)12-13-10(11-8)16-6-7(15)5-14/h7,14-15H,3-6H2,1-2H3. The molecule has 1 aromatic rings. The topological polar surface area (TPSA) is 79.1 Å². The van der Waals surface area contributed by atoms with Crippen LogP contribution in [0.5, 0.6) is 0 Å². The highest BCUT2D eigenvalue weighted by Gasteiger charge is 2.09. The summed E-state index contributed by atoms with van der Waals surface area (Å²) in [7, 11) is 0. The minimum absolute atomic E-state index is 0.242. The summed E-state index contributed by atoms with van der Waals surface area (Å²) in [6, 6.07) is 0. The average molecular weight is 243 g/mol. The predicted molar refractivity (Wildman–Crippen MR) is 62.4 cm³/mol. The monoisotopic (exact) mass is 243 g/mol. The van der Waals surface area contributed by atoms with Gasteiger partial charge in [-0.3, -0.25) is 0 Å². The summed E-state index contributed by atoms with van der Waals surface area (Å²) in [6.07, 6.45) is 0.923. The van der Waals surface area contributed by atoms with Crippen LogP contribution in [0.2, 0.25) is 0 Å². The lowest BCUT2D eigenvalue weighted by Crippen LogP contribution is -2.15. The van der Waals surface area contributed by atoms with Crippen molar-refractivity contribution in [2.24, 2.45) is 0 Å². The molecule has 1 aromatic heterocycles. The molecule has 1 atom stereocenters. The van der Waals surface area contributed by atoms with Crippen LogP contribution < -0.4 is 0 Å². The second-order valence-corrected chi connectivity index (χ2v) is 4.33. The van der Waals surface area contributed by atoms with Crippen LogP contribution in [0.25, 0.3) is 0 Å². The number of hydrogen-bond donors (Lipinski definition) is 2. The number of rotatable bonds is 6. The lowest BCUT2D eigenvalue weighted by molar-refractivity contribution is 0.113. The van der Waals surface area contributed by atoms with Crippen LogP contribution in [0.3, 0.4) is 0 Å². The van der Waals surface area contributed by atoms with E-state index in [0.717, 1.165) is 24.2 Å². The Balaban J connectivity index is 2.67. The van der Waals surface area contributed by atoms with Crippen molar-refractivity contribution < 1.29 is 10.2 Å². The van der Waals surface area contributed by atoms with Crippen molar-refractivity contribution >= 4 is 11.8 Å². The maximum atomic E-state index is 9.20. The van der Waals surface area contributed by atoms with E-state index in [1.807, 2.05) is 13.8 Å². The van der Waals surface area contributed by atoms with Gasteiger partial charge in [0.2, 0.25) is 5.16 Å². The molecule has 0 aliphatic carbocycles. The average Bonchev–Trinajstić information content (AvgIpc) is 2.35. The van der Waals surface area contributed by atoms with Gasteiger partial charge in [0.1, 0.15) is 0 Å². The predicted octanol–water partition coefficient (Wildman–Crippen LogP) is 0.442. The van der Waals surface area contributed by atoms with Gasteiger partial charge in [-0.1, -0.05) is 25.6 Å². The molecule has 0 radical (unpaired) electrons. The summed E-state index contributed by atoms with van der Waals surface area (Å²) < 4.78 is 0. The van der Waals surface area contributed by atoms with E-state index in [9.17, 15) is 5.11 Å².